The van der Waals surface area contributed by atoms with E-state index in [1.165, 1.54) is 10.9 Å². The number of rotatable bonds is 2. The van der Waals surface area contributed by atoms with Gasteiger partial charge in [-0.3, -0.25) is 0 Å². The number of benzene rings is 1. The topological polar surface area (TPSA) is 54.7 Å². The van der Waals surface area contributed by atoms with E-state index in [9.17, 15) is 0 Å². The highest BCUT2D eigenvalue weighted by Crippen LogP contribution is 2.32. The molecule has 0 saturated carbocycles. The number of H-pyrrole nitrogens is 1. The van der Waals surface area contributed by atoms with Crippen molar-refractivity contribution in [1.29, 1.82) is 0 Å². The molecular formula is C12H11N3S. The second-order valence-electron chi connectivity index (χ2n) is 3.57. The van der Waals surface area contributed by atoms with Crippen molar-refractivity contribution < 1.29 is 0 Å². The van der Waals surface area contributed by atoms with Crippen LogP contribution in [0.4, 0.5) is 0 Å². The highest BCUT2D eigenvalue weighted by molar-refractivity contribution is 7.15. The van der Waals surface area contributed by atoms with Gasteiger partial charge in [0.2, 0.25) is 0 Å². The van der Waals surface area contributed by atoms with Gasteiger partial charge in [-0.25, -0.2) is 4.98 Å². The van der Waals surface area contributed by atoms with E-state index in [0.717, 1.165) is 15.4 Å². The molecule has 80 valence electrons. The van der Waals surface area contributed by atoms with Gasteiger partial charge in [0.1, 0.15) is 5.01 Å². The van der Waals surface area contributed by atoms with E-state index >= 15 is 0 Å². The third kappa shape index (κ3) is 1.43. The Morgan fingerprint density at radius 1 is 1.31 bits per heavy atom. The van der Waals surface area contributed by atoms with Gasteiger partial charge in [-0.15, -0.1) is 11.3 Å². The van der Waals surface area contributed by atoms with E-state index in [2.05, 4.69) is 22.1 Å². The summed E-state index contributed by atoms with van der Waals surface area (Å²) in [6.07, 6.45) is 3.92. The molecule has 0 aliphatic heterocycles. The Morgan fingerprint density at radius 3 is 3.00 bits per heavy atom. The molecule has 0 bridgehead atoms. The van der Waals surface area contributed by atoms with Gasteiger partial charge in [-0.05, 0) is 6.07 Å². The monoisotopic (exact) mass is 229 g/mol. The average Bonchev–Trinajstić information content (AvgIpc) is 2.94. The van der Waals surface area contributed by atoms with Crippen molar-refractivity contribution in [2.75, 3.05) is 0 Å². The van der Waals surface area contributed by atoms with Crippen molar-refractivity contribution in [3.8, 4) is 10.4 Å². The first-order valence-corrected chi connectivity index (χ1v) is 5.91. The zero-order valence-electron chi connectivity index (χ0n) is 8.60. The predicted octanol–water partition coefficient (Wildman–Crippen LogP) is 2.75. The smallest absolute Gasteiger partial charge is 0.107 e. The van der Waals surface area contributed by atoms with Crippen LogP contribution in [0.15, 0.2) is 36.7 Å². The third-order valence-electron chi connectivity index (χ3n) is 2.58. The summed E-state index contributed by atoms with van der Waals surface area (Å²) in [5.41, 5.74) is 7.92. The van der Waals surface area contributed by atoms with Crippen molar-refractivity contribution in [3.63, 3.8) is 0 Å². The van der Waals surface area contributed by atoms with Gasteiger partial charge in [0.25, 0.3) is 0 Å². The molecule has 0 radical (unpaired) electrons. The molecule has 3 rings (SSSR count). The molecule has 0 aliphatic carbocycles. The molecule has 4 heteroatoms. The lowest BCUT2D eigenvalue weighted by Crippen LogP contribution is -1.93. The number of nitrogens with one attached hydrogen (secondary N) is 1. The van der Waals surface area contributed by atoms with Gasteiger partial charge in [0.15, 0.2) is 0 Å². The first-order chi connectivity index (χ1) is 7.88. The number of thiazole rings is 1. The van der Waals surface area contributed by atoms with Crippen molar-refractivity contribution in [2.24, 2.45) is 5.73 Å². The number of aromatic nitrogens is 2. The number of hydrogen-bond acceptors (Lipinski definition) is 3. The zero-order valence-corrected chi connectivity index (χ0v) is 9.42. The number of aromatic amines is 1. The minimum Gasteiger partial charge on any atom is -0.361 e. The lowest BCUT2D eigenvalue weighted by Gasteiger charge is -1.92. The summed E-state index contributed by atoms with van der Waals surface area (Å²) in [5.74, 6) is 0. The molecule has 0 saturated heterocycles. The predicted molar refractivity (Wildman–Crippen MR) is 67.3 cm³/mol. The van der Waals surface area contributed by atoms with Gasteiger partial charge >= 0.3 is 0 Å². The van der Waals surface area contributed by atoms with Crippen LogP contribution in [0.3, 0.4) is 0 Å². The second kappa shape index (κ2) is 3.73. The standard InChI is InChI=1S/C12H11N3S/c13-5-12-15-7-11(16-12)9-6-14-10-4-2-1-3-8(9)10/h1-4,6-7,14H,5,13H2. The van der Waals surface area contributed by atoms with E-state index in [0.29, 0.717) is 6.54 Å². The van der Waals surface area contributed by atoms with Gasteiger partial charge in [-0.1, -0.05) is 18.2 Å². The summed E-state index contributed by atoms with van der Waals surface area (Å²) in [5, 5.41) is 2.20. The fourth-order valence-corrected chi connectivity index (χ4v) is 2.63. The molecule has 2 heterocycles. The molecule has 0 unspecified atom stereocenters. The summed E-state index contributed by atoms with van der Waals surface area (Å²) in [7, 11) is 0. The van der Waals surface area contributed by atoms with Crippen molar-refractivity contribution in [1.82, 2.24) is 9.97 Å². The van der Waals surface area contributed by atoms with Gasteiger partial charge in [0, 0.05) is 35.4 Å². The summed E-state index contributed by atoms with van der Waals surface area (Å²) in [6, 6.07) is 8.26. The number of hydrogen-bond donors (Lipinski definition) is 2. The molecule has 2 aromatic heterocycles. The first-order valence-electron chi connectivity index (χ1n) is 5.10. The SMILES string of the molecule is NCc1ncc(-c2c[nH]c3ccccc23)s1. The fraction of sp³-hybridized carbons (Fsp3) is 0.0833. The molecule has 3 nitrogen and oxygen atoms in total. The fourth-order valence-electron chi connectivity index (χ4n) is 1.80. The molecule has 3 aromatic rings. The Morgan fingerprint density at radius 2 is 2.19 bits per heavy atom. The number of fused-ring (bicyclic) bond motifs is 1. The molecule has 1 aromatic carbocycles. The summed E-state index contributed by atoms with van der Waals surface area (Å²) < 4.78 is 0. The van der Waals surface area contributed by atoms with Gasteiger partial charge in [0.05, 0.1) is 4.88 Å². The molecule has 0 atom stereocenters. The average molecular weight is 229 g/mol. The van der Waals surface area contributed by atoms with Crippen molar-refractivity contribution in [2.45, 2.75) is 6.54 Å². The Hall–Kier alpha value is -1.65. The molecular weight excluding hydrogens is 218 g/mol. The maximum atomic E-state index is 5.57. The Balaban J connectivity index is 2.18. The molecule has 0 aliphatic rings. The lowest BCUT2D eigenvalue weighted by molar-refractivity contribution is 1.04. The molecule has 0 amide bonds. The Bertz CT molecular complexity index is 624. The van der Waals surface area contributed by atoms with E-state index in [-0.39, 0.29) is 0 Å². The minimum absolute atomic E-state index is 0.507. The van der Waals surface area contributed by atoms with Crippen molar-refractivity contribution in [3.05, 3.63) is 41.7 Å². The molecule has 0 spiro atoms. The normalized spacial score (nSPS) is 11.1. The highest BCUT2D eigenvalue weighted by atomic mass is 32.1. The van der Waals surface area contributed by atoms with E-state index < -0.39 is 0 Å². The molecule has 0 fully saturated rings. The van der Waals surface area contributed by atoms with Crippen LogP contribution in [0.2, 0.25) is 0 Å². The minimum atomic E-state index is 0.507. The van der Waals surface area contributed by atoms with Crippen LogP contribution in [-0.2, 0) is 6.54 Å². The van der Waals surface area contributed by atoms with Crippen molar-refractivity contribution >= 4 is 22.2 Å². The van der Waals surface area contributed by atoms with E-state index in [4.69, 9.17) is 5.73 Å². The summed E-state index contributed by atoms with van der Waals surface area (Å²) in [4.78, 5) is 8.70. The maximum absolute atomic E-state index is 5.57. The number of nitrogens with two attached hydrogens (primary N) is 1. The largest absolute Gasteiger partial charge is 0.361 e. The third-order valence-corrected chi connectivity index (χ3v) is 3.64. The maximum Gasteiger partial charge on any atom is 0.107 e. The zero-order chi connectivity index (χ0) is 11.0. The van der Waals surface area contributed by atoms with E-state index in [1.54, 1.807) is 11.3 Å². The van der Waals surface area contributed by atoms with Gasteiger partial charge in [-0.2, -0.15) is 0 Å². The second-order valence-corrected chi connectivity index (χ2v) is 4.69. The van der Waals surface area contributed by atoms with E-state index in [1.807, 2.05) is 24.5 Å². The lowest BCUT2D eigenvalue weighted by atomic mass is 10.1. The van der Waals surface area contributed by atoms with Crippen LogP contribution in [0.5, 0.6) is 0 Å². The first kappa shape index (κ1) is 9.57. The Kier molecular flexibility index (Phi) is 2.23. The van der Waals surface area contributed by atoms with Crippen LogP contribution in [0.1, 0.15) is 5.01 Å². The highest BCUT2D eigenvalue weighted by Gasteiger charge is 2.08. The molecule has 3 N–H and O–H groups in total. The molecule has 16 heavy (non-hydrogen) atoms. The number of nitrogens with zero attached hydrogens (tertiary/aromatic N) is 1. The van der Waals surface area contributed by atoms with Crippen LogP contribution < -0.4 is 5.73 Å². The quantitative estimate of drug-likeness (QED) is 0.710. The Labute approximate surface area is 96.9 Å². The van der Waals surface area contributed by atoms with Crippen LogP contribution in [-0.4, -0.2) is 9.97 Å². The van der Waals surface area contributed by atoms with Gasteiger partial charge < -0.3 is 10.7 Å². The van der Waals surface area contributed by atoms with Crippen LogP contribution >= 0.6 is 11.3 Å². The summed E-state index contributed by atoms with van der Waals surface area (Å²) in [6.45, 7) is 0.507. The summed E-state index contributed by atoms with van der Waals surface area (Å²) >= 11 is 1.65. The number of para-hydroxylation sites is 1. The van der Waals surface area contributed by atoms with Crippen LogP contribution in [0, 0.1) is 0 Å². The van der Waals surface area contributed by atoms with Crippen LogP contribution in [0.25, 0.3) is 21.3 Å².